The van der Waals surface area contributed by atoms with E-state index in [-0.39, 0.29) is 0 Å². The van der Waals surface area contributed by atoms with Crippen molar-refractivity contribution in [1.82, 2.24) is 0 Å². The van der Waals surface area contributed by atoms with E-state index in [4.69, 9.17) is 4.74 Å². The lowest BCUT2D eigenvalue weighted by Crippen LogP contribution is -2.12. The van der Waals surface area contributed by atoms with Crippen LogP contribution in [-0.2, 0) is 4.74 Å². The minimum Gasteiger partial charge on any atom is -0.381 e. The van der Waals surface area contributed by atoms with Crippen LogP contribution < -0.4 is 0 Å². The molecule has 1 saturated heterocycles. The van der Waals surface area contributed by atoms with E-state index >= 15 is 0 Å². The van der Waals surface area contributed by atoms with Crippen molar-refractivity contribution in [1.29, 1.82) is 0 Å². The summed E-state index contributed by atoms with van der Waals surface area (Å²) in [5.41, 5.74) is 0.500. The quantitative estimate of drug-likeness (QED) is 0.330. The molecule has 4 fully saturated rings. The first-order chi connectivity index (χ1) is 18.1. The molecule has 0 atom stereocenters. The van der Waals surface area contributed by atoms with Gasteiger partial charge in [-0.25, -0.2) is 0 Å². The second-order valence-electron chi connectivity index (χ2n) is 15.8. The van der Waals surface area contributed by atoms with Gasteiger partial charge in [0.15, 0.2) is 0 Å². The van der Waals surface area contributed by atoms with E-state index in [0.717, 1.165) is 48.7 Å². The summed E-state index contributed by atoms with van der Waals surface area (Å²) >= 11 is 0. The molecule has 0 N–H and O–H groups in total. The molecule has 0 amide bonds. The molecule has 1 nitrogen and oxygen atoms in total. The van der Waals surface area contributed by atoms with E-state index in [9.17, 15) is 0 Å². The van der Waals surface area contributed by atoms with Crippen molar-refractivity contribution in [3.8, 4) is 0 Å². The van der Waals surface area contributed by atoms with Crippen LogP contribution in [0.15, 0.2) is 0 Å². The number of ether oxygens (including phenoxy) is 1. The molecule has 1 aliphatic heterocycles. The van der Waals surface area contributed by atoms with Crippen LogP contribution in [0, 0.1) is 40.9 Å². The molecule has 240 valence electrons. The Morgan fingerprint density at radius 1 is 0.513 bits per heavy atom. The first-order valence-corrected chi connectivity index (χ1v) is 17.7. The lowest BCUT2D eigenvalue weighted by molar-refractivity contribution is 0.0716. The largest absolute Gasteiger partial charge is 0.381 e. The predicted octanol–water partition coefficient (Wildman–Crippen LogP) is 13.8. The minimum absolute atomic E-state index is 0.500. The Morgan fingerprint density at radius 2 is 0.769 bits per heavy atom. The molecule has 4 rings (SSSR count). The van der Waals surface area contributed by atoms with Crippen molar-refractivity contribution in [2.75, 3.05) is 13.2 Å². The van der Waals surface area contributed by atoms with Crippen molar-refractivity contribution >= 4 is 0 Å². The first-order valence-electron chi connectivity index (χ1n) is 17.7. The maximum atomic E-state index is 5.14. The summed E-state index contributed by atoms with van der Waals surface area (Å²) < 4.78 is 5.14. The molecule has 0 aromatic heterocycles. The Balaban J connectivity index is -0.000000392. The topological polar surface area (TPSA) is 9.23 Å². The molecule has 0 spiro atoms. The molecule has 1 heterocycles. The van der Waals surface area contributed by atoms with Gasteiger partial charge in [-0.1, -0.05) is 180 Å². The Kier molecular flexibility index (Phi) is 32.8. The summed E-state index contributed by atoms with van der Waals surface area (Å²) in [5, 5.41) is 0. The standard InChI is InChI=1S/C7H14.C6H12O.C6H12.C6H14.C5H12.C4H8.C4H10/c1-7-5-3-2-4-6-7;1-6-2-4-7-5-3-6;1-6-4-2-3-5-6;1-4-6(3)5-2;1-5(2,3)4;1-4-2-3-4;1-4(2)3/h7H,2-6H2,1H3;6H,2-5H2,1H3;6H,2-5H2,1H3;6H,4-5H2,1-3H3;1-4H3;4H,2-3H2,1H3;4H,1-3H3. The zero-order chi connectivity index (χ0) is 30.7. The molecule has 0 unspecified atom stereocenters. The monoisotopic (exact) mass is 555 g/mol. The van der Waals surface area contributed by atoms with Crippen LogP contribution in [0.2, 0.25) is 0 Å². The Bertz CT molecular complexity index is 397. The third-order valence-corrected chi connectivity index (χ3v) is 7.31. The number of hydrogen-bond acceptors (Lipinski definition) is 1. The van der Waals surface area contributed by atoms with E-state index < -0.39 is 0 Å². The molecule has 1 heteroatoms. The van der Waals surface area contributed by atoms with Gasteiger partial charge in [-0.05, 0) is 53.8 Å². The molecule has 3 saturated carbocycles. The van der Waals surface area contributed by atoms with Gasteiger partial charge in [0.25, 0.3) is 0 Å². The summed E-state index contributed by atoms with van der Waals surface area (Å²) in [6.45, 7) is 33.2. The molecular weight excluding hydrogens is 472 g/mol. The van der Waals surface area contributed by atoms with Gasteiger partial charge in [-0.15, -0.1) is 0 Å². The van der Waals surface area contributed by atoms with Gasteiger partial charge in [-0.2, -0.15) is 0 Å². The molecule has 4 aliphatic rings. The molecule has 3 aliphatic carbocycles. The van der Waals surface area contributed by atoms with Crippen LogP contribution in [0.5, 0.6) is 0 Å². The second kappa shape index (κ2) is 29.5. The van der Waals surface area contributed by atoms with E-state index in [1.165, 1.54) is 96.3 Å². The van der Waals surface area contributed by atoms with Gasteiger partial charge in [0.05, 0.1) is 0 Å². The first kappa shape index (κ1) is 43.4. The third-order valence-electron chi connectivity index (χ3n) is 7.31. The smallest absolute Gasteiger partial charge is 0.0468 e. The fourth-order valence-corrected chi connectivity index (χ4v) is 3.71. The molecule has 0 radical (unpaired) electrons. The minimum atomic E-state index is 0.500. The van der Waals surface area contributed by atoms with Crippen LogP contribution in [0.25, 0.3) is 0 Å². The Hall–Kier alpha value is -0.0400. The van der Waals surface area contributed by atoms with Gasteiger partial charge in [0, 0.05) is 13.2 Å². The number of hydrogen-bond donors (Lipinski definition) is 0. The zero-order valence-corrected chi connectivity index (χ0v) is 30.4. The Labute approximate surface area is 251 Å². The fourth-order valence-electron chi connectivity index (χ4n) is 3.71. The normalized spacial score (nSPS) is 19.7. The fraction of sp³-hybridized carbons (Fsp3) is 1.00. The van der Waals surface area contributed by atoms with Crippen molar-refractivity contribution in [2.45, 2.75) is 193 Å². The predicted molar refractivity (Wildman–Crippen MR) is 183 cm³/mol. The van der Waals surface area contributed by atoms with E-state index in [0.29, 0.717) is 5.41 Å². The molecular formula is C38H82O. The van der Waals surface area contributed by atoms with E-state index in [1.54, 1.807) is 0 Å². The summed E-state index contributed by atoms with van der Waals surface area (Å²) in [4.78, 5) is 0. The van der Waals surface area contributed by atoms with Gasteiger partial charge >= 0.3 is 0 Å². The lowest BCUT2D eigenvalue weighted by atomic mass is 9.91. The molecule has 0 aromatic rings. The lowest BCUT2D eigenvalue weighted by Gasteiger charge is -2.16. The van der Waals surface area contributed by atoms with E-state index in [2.05, 4.69) is 96.9 Å². The van der Waals surface area contributed by atoms with Crippen LogP contribution in [-0.4, -0.2) is 13.2 Å². The van der Waals surface area contributed by atoms with Gasteiger partial charge in [0.1, 0.15) is 0 Å². The van der Waals surface area contributed by atoms with Crippen molar-refractivity contribution in [3.63, 3.8) is 0 Å². The highest BCUT2D eigenvalue weighted by Gasteiger charge is 2.12. The van der Waals surface area contributed by atoms with Gasteiger partial charge < -0.3 is 4.74 Å². The highest BCUT2D eigenvalue weighted by molar-refractivity contribution is 4.65. The van der Waals surface area contributed by atoms with Crippen molar-refractivity contribution in [2.24, 2.45) is 40.9 Å². The summed E-state index contributed by atoms with van der Waals surface area (Å²) in [6, 6.07) is 0. The maximum absolute atomic E-state index is 5.14. The van der Waals surface area contributed by atoms with Crippen molar-refractivity contribution < 1.29 is 4.74 Å². The maximum Gasteiger partial charge on any atom is 0.0468 e. The second-order valence-corrected chi connectivity index (χ2v) is 15.8. The summed E-state index contributed by atoms with van der Waals surface area (Å²) in [6.07, 6.45) is 21.5. The van der Waals surface area contributed by atoms with Gasteiger partial charge in [0.2, 0.25) is 0 Å². The van der Waals surface area contributed by atoms with Crippen LogP contribution in [0.1, 0.15) is 193 Å². The summed E-state index contributed by atoms with van der Waals surface area (Å²) in [7, 11) is 0. The zero-order valence-electron chi connectivity index (χ0n) is 30.4. The van der Waals surface area contributed by atoms with Gasteiger partial charge in [-0.3, -0.25) is 0 Å². The highest BCUT2D eigenvalue weighted by Crippen LogP contribution is 2.26. The van der Waals surface area contributed by atoms with Crippen LogP contribution in [0.3, 0.4) is 0 Å². The molecule has 0 aromatic carbocycles. The molecule has 39 heavy (non-hydrogen) atoms. The third kappa shape index (κ3) is 54.7. The molecule has 0 bridgehead atoms. The highest BCUT2D eigenvalue weighted by atomic mass is 16.5. The van der Waals surface area contributed by atoms with E-state index in [1.807, 2.05) is 0 Å². The average Bonchev–Trinajstić information content (AvgIpc) is 3.49. The SMILES string of the molecule is CC(C)(C)C.CC(C)C.CC1CC1.CC1CCCC1.CC1CCCCC1.CC1CCOCC1.CCC(C)CC. The Morgan fingerprint density at radius 3 is 0.872 bits per heavy atom. The summed E-state index contributed by atoms with van der Waals surface area (Å²) in [5.74, 6) is 5.84. The van der Waals surface area contributed by atoms with Crippen LogP contribution >= 0.6 is 0 Å². The number of rotatable bonds is 2. The average molecular weight is 555 g/mol. The van der Waals surface area contributed by atoms with Crippen LogP contribution in [0.4, 0.5) is 0 Å². The van der Waals surface area contributed by atoms with Crippen molar-refractivity contribution in [3.05, 3.63) is 0 Å².